The van der Waals surface area contributed by atoms with E-state index in [9.17, 15) is 8.42 Å². The molecule has 6 heteroatoms. The average Bonchev–Trinajstić information content (AvgIpc) is 3.18. The molecule has 1 aromatic carbocycles. The molecule has 1 aliphatic carbocycles. The Hall–Kier alpha value is -0.620. The van der Waals surface area contributed by atoms with Crippen molar-refractivity contribution in [2.75, 3.05) is 6.54 Å². The first-order chi connectivity index (χ1) is 9.31. The van der Waals surface area contributed by atoms with Gasteiger partial charge in [-0.1, -0.05) is 25.4 Å². The minimum atomic E-state index is -3.56. The minimum Gasteiger partial charge on any atom is -0.392 e. The van der Waals surface area contributed by atoms with Crippen molar-refractivity contribution in [2.24, 2.45) is 11.3 Å². The third-order valence-electron chi connectivity index (χ3n) is 4.23. The lowest BCUT2D eigenvalue weighted by atomic mass is 9.93. The van der Waals surface area contributed by atoms with E-state index in [0.717, 1.165) is 12.8 Å². The first kappa shape index (κ1) is 15.8. The number of sulfonamides is 1. The molecule has 112 valence electrons. The molecule has 2 rings (SSSR count). The highest BCUT2D eigenvalue weighted by Crippen LogP contribution is 2.51. The van der Waals surface area contributed by atoms with Crippen molar-refractivity contribution in [2.45, 2.75) is 38.2 Å². The predicted octanol–water partition coefficient (Wildman–Crippen LogP) is 2.55. The van der Waals surface area contributed by atoms with Crippen LogP contribution < -0.4 is 4.72 Å². The highest BCUT2D eigenvalue weighted by Gasteiger charge is 2.45. The highest BCUT2D eigenvalue weighted by atomic mass is 35.5. The number of benzene rings is 1. The van der Waals surface area contributed by atoms with Crippen LogP contribution in [0.15, 0.2) is 23.1 Å². The molecule has 1 aromatic rings. The topological polar surface area (TPSA) is 66.4 Å². The molecule has 0 amide bonds. The maximum Gasteiger partial charge on any atom is 0.240 e. The lowest BCUT2D eigenvalue weighted by Gasteiger charge is -2.20. The van der Waals surface area contributed by atoms with E-state index in [0.29, 0.717) is 23.0 Å². The van der Waals surface area contributed by atoms with Gasteiger partial charge in [0.15, 0.2) is 0 Å². The number of aliphatic hydroxyl groups is 1. The van der Waals surface area contributed by atoms with Gasteiger partial charge >= 0.3 is 0 Å². The number of hydrogen-bond donors (Lipinski definition) is 2. The molecule has 20 heavy (non-hydrogen) atoms. The third kappa shape index (κ3) is 3.17. The van der Waals surface area contributed by atoms with Crippen molar-refractivity contribution in [1.82, 2.24) is 4.72 Å². The zero-order chi connectivity index (χ0) is 15.0. The summed E-state index contributed by atoms with van der Waals surface area (Å²) < 4.78 is 27.2. The van der Waals surface area contributed by atoms with Crippen LogP contribution in [0.2, 0.25) is 5.02 Å². The molecule has 2 N–H and O–H groups in total. The summed E-state index contributed by atoms with van der Waals surface area (Å²) in [5.74, 6) is 0.462. The number of nitrogens with one attached hydrogen (secondary N) is 1. The Morgan fingerprint density at radius 1 is 1.40 bits per heavy atom. The van der Waals surface area contributed by atoms with Crippen molar-refractivity contribution < 1.29 is 13.5 Å². The van der Waals surface area contributed by atoms with Crippen LogP contribution in [0.5, 0.6) is 0 Å². The molecule has 0 radical (unpaired) electrons. The Labute approximate surface area is 125 Å². The summed E-state index contributed by atoms with van der Waals surface area (Å²) in [6, 6.07) is 4.37. The first-order valence-electron chi connectivity index (χ1n) is 6.70. The Balaban J connectivity index is 2.15. The van der Waals surface area contributed by atoms with Crippen LogP contribution in [-0.2, 0) is 16.6 Å². The molecule has 1 aliphatic rings. The number of hydrogen-bond acceptors (Lipinski definition) is 3. The van der Waals surface area contributed by atoms with Crippen molar-refractivity contribution in [3.63, 3.8) is 0 Å². The number of halogens is 1. The third-order valence-corrected chi connectivity index (χ3v) is 6.00. The van der Waals surface area contributed by atoms with Crippen LogP contribution in [0.3, 0.4) is 0 Å². The average molecular weight is 318 g/mol. The van der Waals surface area contributed by atoms with Crippen LogP contribution in [0.1, 0.15) is 32.3 Å². The second-order valence-electron chi connectivity index (χ2n) is 5.75. The van der Waals surface area contributed by atoms with Crippen molar-refractivity contribution in [1.29, 1.82) is 0 Å². The maximum absolute atomic E-state index is 12.3. The Kier molecular flexibility index (Phi) is 4.44. The van der Waals surface area contributed by atoms with Gasteiger partial charge in [-0.3, -0.25) is 0 Å². The van der Waals surface area contributed by atoms with E-state index in [2.05, 4.69) is 18.6 Å². The van der Waals surface area contributed by atoms with Crippen LogP contribution in [0.4, 0.5) is 0 Å². The Morgan fingerprint density at radius 3 is 2.55 bits per heavy atom. The van der Waals surface area contributed by atoms with E-state index in [-0.39, 0.29) is 16.9 Å². The summed E-state index contributed by atoms with van der Waals surface area (Å²) in [5.41, 5.74) is 0.527. The van der Waals surface area contributed by atoms with Gasteiger partial charge in [0, 0.05) is 11.6 Å². The van der Waals surface area contributed by atoms with Gasteiger partial charge in [0.1, 0.15) is 0 Å². The molecular weight excluding hydrogens is 298 g/mol. The number of rotatable bonds is 6. The molecule has 0 saturated heterocycles. The van der Waals surface area contributed by atoms with Gasteiger partial charge in [-0.2, -0.15) is 0 Å². The second kappa shape index (κ2) is 5.64. The summed E-state index contributed by atoms with van der Waals surface area (Å²) >= 11 is 5.87. The minimum absolute atomic E-state index is 0.110. The summed E-state index contributed by atoms with van der Waals surface area (Å²) in [5, 5.41) is 9.52. The largest absolute Gasteiger partial charge is 0.392 e. The van der Waals surface area contributed by atoms with Crippen molar-refractivity contribution in [3.8, 4) is 0 Å². The molecule has 0 bridgehead atoms. The fourth-order valence-electron chi connectivity index (χ4n) is 2.28. The molecule has 1 fully saturated rings. The molecule has 0 atom stereocenters. The van der Waals surface area contributed by atoms with Gasteiger partial charge < -0.3 is 5.11 Å². The van der Waals surface area contributed by atoms with E-state index < -0.39 is 10.0 Å². The van der Waals surface area contributed by atoms with Gasteiger partial charge in [-0.15, -0.1) is 0 Å². The van der Waals surface area contributed by atoms with Crippen LogP contribution in [0, 0.1) is 11.3 Å². The smallest absolute Gasteiger partial charge is 0.240 e. The molecule has 0 aromatic heterocycles. The fourth-order valence-corrected chi connectivity index (χ4v) is 3.65. The van der Waals surface area contributed by atoms with E-state index in [1.807, 2.05) is 0 Å². The van der Waals surface area contributed by atoms with E-state index in [4.69, 9.17) is 16.7 Å². The predicted molar refractivity (Wildman–Crippen MR) is 79.1 cm³/mol. The highest BCUT2D eigenvalue weighted by molar-refractivity contribution is 7.89. The van der Waals surface area contributed by atoms with Gasteiger partial charge in [0.2, 0.25) is 10.0 Å². The SMILES string of the molecule is CC(C)C1(CNS(=O)(=O)c2ccc(Cl)c(CO)c2)CC1. The van der Waals surface area contributed by atoms with E-state index >= 15 is 0 Å². The molecular formula is C14H20ClNO3S. The van der Waals surface area contributed by atoms with Crippen molar-refractivity contribution >= 4 is 21.6 Å². The zero-order valence-electron chi connectivity index (χ0n) is 11.7. The summed E-state index contributed by atoms with van der Waals surface area (Å²) in [7, 11) is -3.56. The number of aliphatic hydroxyl groups excluding tert-OH is 1. The summed E-state index contributed by atoms with van der Waals surface area (Å²) in [4.78, 5) is 0.144. The van der Waals surface area contributed by atoms with Crippen LogP contribution in [-0.4, -0.2) is 20.1 Å². The second-order valence-corrected chi connectivity index (χ2v) is 7.93. The monoisotopic (exact) mass is 317 g/mol. The lowest BCUT2D eigenvalue weighted by molar-refractivity contribution is 0.281. The lowest BCUT2D eigenvalue weighted by Crippen LogP contribution is -2.32. The standard InChI is InChI=1S/C14H20ClNO3S/c1-10(2)14(5-6-14)9-16-20(18,19)12-3-4-13(15)11(7-12)8-17/h3-4,7,10,16-17H,5-6,8-9H2,1-2H3. The van der Waals surface area contributed by atoms with Gasteiger partial charge in [0.25, 0.3) is 0 Å². The van der Waals surface area contributed by atoms with Gasteiger partial charge in [-0.25, -0.2) is 13.1 Å². The van der Waals surface area contributed by atoms with Crippen molar-refractivity contribution in [3.05, 3.63) is 28.8 Å². The van der Waals surface area contributed by atoms with Gasteiger partial charge in [0.05, 0.1) is 11.5 Å². The van der Waals surface area contributed by atoms with Gasteiger partial charge in [-0.05, 0) is 47.9 Å². The normalized spacial score (nSPS) is 17.4. The molecule has 0 aliphatic heterocycles. The van der Waals surface area contributed by atoms with E-state index in [1.54, 1.807) is 0 Å². The quantitative estimate of drug-likeness (QED) is 0.847. The summed E-state index contributed by atoms with van der Waals surface area (Å²) in [6.45, 7) is 4.42. The molecule has 1 saturated carbocycles. The van der Waals surface area contributed by atoms with E-state index in [1.165, 1.54) is 18.2 Å². The van der Waals surface area contributed by atoms with Crippen LogP contribution >= 0.6 is 11.6 Å². The molecule has 0 heterocycles. The molecule has 0 spiro atoms. The zero-order valence-corrected chi connectivity index (χ0v) is 13.3. The fraction of sp³-hybridized carbons (Fsp3) is 0.571. The first-order valence-corrected chi connectivity index (χ1v) is 8.56. The maximum atomic E-state index is 12.3. The summed E-state index contributed by atoms with van der Waals surface area (Å²) in [6.07, 6.45) is 2.13. The molecule has 4 nitrogen and oxygen atoms in total. The Morgan fingerprint density at radius 2 is 2.05 bits per heavy atom. The Bertz CT molecular complexity index is 594. The molecule has 0 unspecified atom stereocenters. The van der Waals surface area contributed by atoms with Crippen LogP contribution in [0.25, 0.3) is 0 Å².